The fourth-order valence-electron chi connectivity index (χ4n) is 1.30. The zero-order valence-corrected chi connectivity index (χ0v) is 9.40. The van der Waals surface area contributed by atoms with Crippen molar-refractivity contribution in [1.82, 2.24) is 0 Å². The van der Waals surface area contributed by atoms with Crippen LogP contribution < -0.4 is 10.5 Å². The quantitative estimate of drug-likeness (QED) is 0.584. The van der Waals surface area contributed by atoms with Gasteiger partial charge in [-0.1, -0.05) is 0 Å². The fourth-order valence-corrected chi connectivity index (χ4v) is 1.30. The molecule has 17 heavy (non-hydrogen) atoms. The van der Waals surface area contributed by atoms with E-state index in [2.05, 4.69) is 0 Å². The van der Waals surface area contributed by atoms with Crippen molar-refractivity contribution in [3.05, 3.63) is 23.5 Å². The molecule has 0 bridgehead atoms. The lowest BCUT2D eigenvalue weighted by Gasteiger charge is -2.11. The maximum atomic E-state index is 13.1. The highest BCUT2D eigenvalue weighted by Gasteiger charge is 2.18. The van der Waals surface area contributed by atoms with Crippen LogP contribution in [0.15, 0.2) is 12.1 Å². The molecule has 5 nitrogen and oxygen atoms in total. The number of halogens is 1. The summed E-state index contributed by atoms with van der Waals surface area (Å²) in [5, 5.41) is 8.92. The molecule has 0 aliphatic carbocycles. The molecule has 0 fully saturated rings. The van der Waals surface area contributed by atoms with Gasteiger partial charge in [-0.15, -0.1) is 0 Å². The van der Waals surface area contributed by atoms with E-state index in [1.807, 2.05) is 0 Å². The molecule has 0 saturated carbocycles. The Hall–Kier alpha value is -1.82. The van der Waals surface area contributed by atoms with Crippen LogP contribution in [0.5, 0.6) is 5.75 Å². The summed E-state index contributed by atoms with van der Waals surface area (Å²) < 4.78 is 23.1. The predicted molar refractivity (Wildman–Crippen MR) is 59.8 cm³/mol. The number of carboxylic acids is 1. The fraction of sp³-hybridized carbons (Fsp3) is 0.364. The molecule has 0 unspecified atom stereocenters. The number of benzene rings is 1. The van der Waals surface area contributed by atoms with E-state index < -0.39 is 17.5 Å². The van der Waals surface area contributed by atoms with Crippen molar-refractivity contribution in [3.63, 3.8) is 0 Å². The molecule has 0 aromatic heterocycles. The van der Waals surface area contributed by atoms with Gasteiger partial charge in [0, 0.05) is 20.1 Å². The second kappa shape index (κ2) is 6.05. The third-order valence-corrected chi connectivity index (χ3v) is 2.12. The third kappa shape index (κ3) is 3.32. The van der Waals surface area contributed by atoms with Gasteiger partial charge in [-0.25, -0.2) is 9.18 Å². The standard InChI is InChI=1S/C11H14FNO4/c1-16-5-2-6-17-8-4-3-7(12)10(13)9(8)11(14)15/h3-4H,2,5-6,13H2,1H3,(H,14,15). The average molecular weight is 243 g/mol. The minimum atomic E-state index is -1.32. The first-order chi connectivity index (χ1) is 8.07. The van der Waals surface area contributed by atoms with Crippen molar-refractivity contribution in [3.8, 4) is 5.75 Å². The molecule has 0 aliphatic heterocycles. The van der Waals surface area contributed by atoms with Gasteiger partial charge in [0.05, 0.1) is 12.3 Å². The Morgan fingerprint density at radius 3 is 2.76 bits per heavy atom. The van der Waals surface area contributed by atoms with E-state index in [1.165, 1.54) is 6.07 Å². The van der Waals surface area contributed by atoms with Gasteiger partial charge >= 0.3 is 5.97 Å². The highest BCUT2D eigenvalue weighted by atomic mass is 19.1. The Bertz CT molecular complexity index is 409. The number of hydrogen-bond acceptors (Lipinski definition) is 4. The lowest BCUT2D eigenvalue weighted by Crippen LogP contribution is -2.10. The van der Waals surface area contributed by atoms with Gasteiger partial charge in [0.25, 0.3) is 0 Å². The van der Waals surface area contributed by atoms with Crippen LogP contribution in [0.2, 0.25) is 0 Å². The first-order valence-corrected chi connectivity index (χ1v) is 5.01. The number of methoxy groups -OCH3 is 1. The first kappa shape index (κ1) is 13.2. The maximum absolute atomic E-state index is 13.1. The molecule has 0 heterocycles. The molecule has 1 aromatic carbocycles. The largest absolute Gasteiger partial charge is 0.493 e. The summed E-state index contributed by atoms with van der Waals surface area (Å²) in [6, 6.07) is 2.33. The van der Waals surface area contributed by atoms with Crippen molar-refractivity contribution >= 4 is 11.7 Å². The number of ether oxygens (including phenoxy) is 2. The highest BCUT2D eigenvalue weighted by molar-refractivity contribution is 5.96. The second-order valence-corrected chi connectivity index (χ2v) is 3.33. The Labute approximate surface area is 97.9 Å². The molecule has 6 heteroatoms. The molecule has 1 rings (SSSR count). The van der Waals surface area contributed by atoms with Crippen LogP contribution in [-0.4, -0.2) is 31.4 Å². The number of rotatable bonds is 6. The summed E-state index contributed by atoms with van der Waals surface area (Å²) in [6.07, 6.45) is 0.604. The van der Waals surface area contributed by atoms with E-state index in [0.29, 0.717) is 13.0 Å². The van der Waals surface area contributed by atoms with Gasteiger partial charge in [0.2, 0.25) is 0 Å². The van der Waals surface area contributed by atoms with E-state index in [9.17, 15) is 9.18 Å². The lowest BCUT2D eigenvalue weighted by atomic mass is 10.1. The topological polar surface area (TPSA) is 81.8 Å². The van der Waals surface area contributed by atoms with Crippen LogP contribution in [0.4, 0.5) is 10.1 Å². The first-order valence-electron chi connectivity index (χ1n) is 5.01. The summed E-state index contributed by atoms with van der Waals surface area (Å²) in [6.45, 7) is 0.776. The molecule has 1 aromatic rings. The van der Waals surface area contributed by atoms with Crippen LogP contribution >= 0.6 is 0 Å². The third-order valence-electron chi connectivity index (χ3n) is 2.12. The molecule has 0 amide bonds. The van der Waals surface area contributed by atoms with Crippen LogP contribution in [0.1, 0.15) is 16.8 Å². The molecule has 0 radical (unpaired) electrons. The molecule has 0 aliphatic rings. The van der Waals surface area contributed by atoms with Crippen molar-refractivity contribution in [2.75, 3.05) is 26.1 Å². The minimum absolute atomic E-state index is 0.0625. The Morgan fingerprint density at radius 2 is 2.18 bits per heavy atom. The van der Waals surface area contributed by atoms with Gasteiger partial charge in [-0.3, -0.25) is 0 Å². The number of anilines is 1. The smallest absolute Gasteiger partial charge is 0.341 e. The lowest BCUT2D eigenvalue weighted by molar-refractivity contribution is 0.0692. The van der Waals surface area contributed by atoms with E-state index in [4.69, 9.17) is 20.3 Å². The number of aromatic carboxylic acids is 1. The normalized spacial score (nSPS) is 10.2. The number of nitrogen functional groups attached to an aromatic ring is 1. The molecule has 0 atom stereocenters. The van der Waals surface area contributed by atoms with Crippen molar-refractivity contribution in [2.24, 2.45) is 0 Å². The number of carbonyl (C=O) groups is 1. The van der Waals surface area contributed by atoms with Crippen molar-refractivity contribution < 1.29 is 23.8 Å². The van der Waals surface area contributed by atoms with Gasteiger partial charge < -0.3 is 20.3 Å². The maximum Gasteiger partial charge on any atom is 0.341 e. The zero-order valence-electron chi connectivity index (χ0n) is 9.40. The molecular formula is C11H14FNO4. The van der Waals surface area contributed by atoms with E-state index in [1.54, 1.807) is 7.11 Å². The van der Waals surface area contributed by atoms with E-state index in [0.717, 1.165) is 6.07 Å². The summed E-state index contributed by atoms with van der Waals surface area (Å²) in [5.41, 5.74) is 4.59. The Morgan fingerprint density at radius 1 is 1.47 bits per heavy atom. The summed E-state index contributed by atoms with van der Waals surface area (Å²) >= 11 is 0. The SMILES string of the molecule is COCCCOc1ccc(F)c(N)c1C(=O)O. The summed E-state index contributed by atoms with van der Waals surface area (Å²) in [7, 11) is 1.55. The molecule has 0 spiro atoms. The van der Waals surface area contributed by atoms with Crippen LogP contribution in [0.25, 0.3) is 0 Å². The van der Waals surface area contributed by atoms with Crippen LogP contribution in [0, 0.1) is 5.82 Å². The predicted octanol–water partition coefficient (Wildman–Crippen LogP) is 1.52. The number of nitrogens with two attached hydrogens (primary N) is 1. The molecule has 3 N–H and O–H groups in total. The Kier molecular flexibility index (Phi) is 4.71. The van der Waals surface area contributed by atoms with Crippen LogP contribution in [-0.2, 0) is 4.74 Å². The number of carboxylic acid groups (broad SMARTS) is 1. The van der Waals surface area contributed by atoms with Gasteiger partial charge in [0.1, 0.15) is 17.1 Å². The molecular weight excluding hydrogens is 229 g/mol. The average Bonchev–Trinajstić information content (AvgIpc) is 2.28. The Balaban J connectivity index is 2.84. The van der Waals surface area contributed by atoms with Crippen LogP contribution in [0.3, 0.4) is 0 Å². The van der Waals surface area contributed by atoms with Crippen molar-refractivity contribution in [2.45, 2.75) is 6.42 Å². The van der Waals surface area contributed by atoms with Gasteiger partial charge in [-0.05, 0) is 12.1 Å². The molecule has 0 saturated heterocycles. The number of hydrogen-bond donors (Lipinski definition) is 2. The minimum Gasteiger partial charge on any atom is -0.493 e. The summed E-state index contributed by atoms with van der Waals surface area (Å²) in [4.78, 5) is 10.9. The van der Waals surface area contributed by atoms with Gasteiger partial charge in [-0.2, -0.15) is 0 Å². The summed E-state index contributed by atoms with van der Waals surface area (Å²) in [5.74, 6) is -2.03. The second-order valence-electron chi connectivity index (χ2n) is 3.33. The van der Waals surface area contributed by atoms with E-state index in [-0.39, 0.29) is 17.9 Å². The van der Waals surface area contributed by atoms with Gasteiger partial charge in [0.15, 0.2) is 0 Å². The highest BCUT2D eigenvalue weighted by Crippen LogP contribution is 2.27. The van der Waals surface area contributed by atoms with Crippen molar-refractivity contribution in [1.29, 1.82) is 0 Å². The molecule has 94 valence electrons. The zero-order chi connectivity index (χ0) is 12.8. The monoisotopic (exact) mass is 243 g/mol. The van der Waals surface area contributed by atoms with E-state index >= 15 is 0 Å².